The van der Waals surface area contributed by atoms with Gasteiger partial charge in [0, 0.05) is 10.5 Å². The lowest BCUT2D eigenvalue weighted by Gasteiger charge is -2.13. The maximum absolute atomic E-state index is 10.7. The molecule has 2 rings (SSSR count). The third-order valence-corrected chi connectivity index (χ3v) is 2.75. The zero-order valence-corrected chi connectivity index (χ0v) is 7.94. The smallest absolute Gasteiger partial charge is 0.118 e. The minimum atomic E-state index is -1.86. The van der Waals surface area contributed by atoms with Crippen molar-refractivity contribution in [2.75, 3.05) is 13.2 Å². The molecule has 1 heterocycles. The van der Waals surface area contributed by atoms with Crippen LogP contribution in [0.2, 0.25) is 0 Å². The van der Waals surface area contributed by atoms with Crippen LogP contribution < -0.4 is 0 Å². The van der Waals surface area contributed by atoms with E-state index in [0.29, 0.717) is 13.2 Å². The molecule has 0 aliphatic carbocycles. The van der Waals surface area contributed by atoms with Crippen molar-refractivity contribution in [3.63, 3.8) is 0 Å². The second-order valence-electron chi connectivity index (χ2n) is 2.92. The second-order valence-corrected chi connectivity index (χ2v) is 3.89. The average molecular weight is 197 g/mol. The van der Waals surface area contributed by atoms with Gasteiger partial charge in [0.25, 0.3) is 0 Å². The molecule has 0 atom stereocenters. The molecule has 0 radical (unpaired) electrons. The lowest BCUT2D eigenvalue weighted by molar-refractivity contribution is 0.142. The first-order chi connectivity index (χ1) is 6.36. The molecule has 1 aliphatic heterocycles. The molecule has 4 heteroatoms. The molecule has 0 saturated carbocycles. The molecule has 1 saturated heterocycles. The van der Waals surface area contributed by atoms with Gasteiger partial charge in [-0.25, -0.2) is 0 Å². The van der Waals surface area contributed by atoms with Gasteiger partial charge in [0.1, 0.15) is 13.2 Å². The molecule has 3 nitrogen and oxygen atoms in total. The molecule has 68 valence electrons. The molecule has 0 amide bonds. The summed E-state index contributed by atoms with van der Waals surface area (Å²) in [5, 5.41) is 0. The Balaban J connectivity index is 2.07. The van der Waals surface area contributed by atoms with Gasteiger partial charge in [-0.1, -0.05) is 30.3 Å². The van der Waals surface area contributed by atoms with Crippen LogP contribution in [0.4, 0.5) is 0 Å². The Kier molecular flexibility index (Phi) is 2.69. The Labute approximate surface area is 77.6 Å². The van der Waals surface area contributed by atoms with Crippen molar-refractivity contribution in [3.8, 4) is 0 Å². The minimum Gasteiger partial charge on any atom is -0.118 e. The third-order valence-electron chi connectivity index (χ3n) is 2.03. The van der Waals surface area contributed by atoms with Crippen molar-refractivity contribution in [3.05, 3.63) is 35.9 Å². The fourth-order valence-electron chi connectivity index (χ4n) is 1.30. The standard InChI is InChI=1S/C9H10O3P/c10-13-11-6-9(7-12-13)8-4-2-1-3-5-8/h1-5,9H,6-7H2/q+1. The topological polar surface area (TPSA) is 35.5 Å². The predicted octanol–water partition coefficient (Wildman–Crippen LogP) is 2.47. The number of rotatable bonds is 1. The molecule has 1 fully saturated rings. The highest BCUT2D eigenvalue weighted by atomic mass is 31.1. The molecule has 1 aromatic rings. The molecular formula is C9H10O3P+. The summed E-state index contributed by atoms with van der Waals surface area (Å²) in [6.07, 6.45) is 0. The first kappa shape index (κ1) is 8.82. The van der Waals surface area contributed by atoms with Crippen molar-refractivity contribution in [2.24, 2.45) is 0 Å². The Morgan fingerprint density at radius 2 is 1.77 bits per heavy atom. The van der Waals surface area contributed by atoms with E-state index in [-0.39, 0.29) is 5.92 Å². The summed E-state index contributed by atoms with van der Waals surface area (Å²) in [5.41, 5.74) is 1.17. The normalized spacial score (nSPS) is 25.8. The van der Waals surface area contributed by atoms with E-state index in [1.807, 2.05) is 30.3 Å². The van der Waals surface area contributed by atoms with Crippen LogP contribution in [0.1, 0.15) is 11.5 Å². The fourth-order valence-corrected chi connectivity index (χ4v) is 1.98. The maximum Gasteiger partial charge on any atom is 0.697 e. The van der Waals surface area contributed by atoms with Gasteiger partial charge in [0.15, 0.2) is 0 Å². The largest absolute Gasteiger partial charge is 0.697 e. The van der Waals surface area contributed by atoms with Gasteiger partial charge in [-0.05, 0) is 5.56 Å². The maximum atomic E-state index is 10.7. The van der Waals surface area contributed by atoms with E-state index in [9.17, 15) is 4.57 Å². The van der Waals surface area contributed by atoms with E-state index in [1.165, 1.54) is 5.56 Å². The van der Waals surface area contributed by atoms with Crippen molar-refractivity contribution in [1.82, 2.24) is 0 Å². The first-order valence-electron chi connectivity index (χ1n) is 4.14. The zero-order valence-electron chi connectivity index (χ0n) is 7.05. The molecule has 0 bridgehead atoms. The molecule has 1 aliphatic rings. The van der Waals surface area contributed by atoms with E-state index >= 15 is 0 Å². The summed E-state index contributed by atoms with van der Waals surface area (Å²) < 4.78 is 20.6. The first-order valence-corrected chi connectivity index (χ1v) is 5.24. The molecule has 1 aromatic carbocycles. The lowest BCUT2D eigenvalue weighted by Crippen LogP contribution is -2.15. The lowest BCUT2D eigenvalue weighted by atomic mass is 10.0. The van der Waals surface area contributed by atoms with E-state index in [0.717, 1.165) is 0 Å². The predicted molar refractivity (Wildman–Crippen MR) is 48.7 cm³/mol. The van der Waals surface area contributed by atoms with E-state index in [2.05, 4.69) is 0 Å². The van der Waals surface area contributed by atoms with Gasteiger partial charge in [-0.2, -0.15) is 0 Å². The number of hydrogen-bond acceptors (Lipinski definition) is 3. The highest BCUT2D eigenvalue weighted by Crippen LogP contribution is 2.34. The molecule has 0 unspecified atom stereocenters. The van der Waals surface area contributed by atoms with Crippen molar-refractivity contribution < 1.29 is 13.6 Å². The summed E-state index contributed by atoms with van der Waals surface area (Å²) in [4.78, 5) is 0. The Morgan fingerprint density at radius 3 is 2.38 bits per heavy atom. The van der Waals surface area contributed by atoms with Crippen LogP contribution in [0.15, 0.2) is 30.3 Å². The van der Waals surface area contributed by atoms with Gasteiger partial charge in [-0.3, -0.25) is 0 Å². The molecular weight excluding hydrogens is 187 g/mol. The Bertz CT molecular complexity index is 289. The van der Waals surface area contributed by atoms with Crippen LogP contribution >= 0.6 is 8.25 Å². The van der Waals surface area contributed by atoms with Crippen LogP contribution in [0.25, 0.3) is 0 Å². The summed E-state index contributed by atoms with van der Waals surface area (Å²) >= 11 is 0. The summed E-state index contributed by atoms with van der Waals surface area (Å²) in [6, 6.07) is 9.97. The summed E-state index contributed by atoms with van der Waals surface area (Å²) in [5.74, 6) is 0.217. The fraction of sp³-hybridized carbons (Fsp3) is 0.333. The van der Waals surface area contributed by atoms with E-state index in [4.69, 9.17) is 9.05 Å². The molecule has 13 heavy (non-hydrogen) atoms. The molecule has 0 spiro atoms. The van der Waals surface area contributed by atoms with Gasteiger partial charge in [0.05, 0.1) is 0 Å². The molecule has 0 N–H and O–H groups in total. The number of hydrogen-bond donors (Lipinski definition) is 0. The minimum absolute atomic E-state index is 0.217. The van der Waals surface area contributed by atoms with Crippen LogP contribution in [-0.4, -0.2) is 13.2 Å². The SMILES string of the molecule is O=[P+]1OCC(c2ccccc2)CO1. The second kappa shape index (κ2) is 3.97. The third kappa shape index (κ3) is 2.13. The Hall–Kier alpha value is -0.760. The molecule has 0 aromatic heterocycles. The van der Waals surface area contributed by atoms with Crippen molar-refractivity contribution in [1.29, 1.82) is 0 Å². The monoisotopic (exact) mass is 197 g/mol. The van der Waals surface area contributed by atoms with Crippen LogP contribution in [0.3, 0.4) is 0 Å². The average Bonchev–Trinajstić information content (AvgIpc) is 2.20. The Morgan fingerprint density at radius 1 is 1.15 bits per heavy atom. The van der Waals surface area contributed by atoms with Gasteiger partial charge in [0.2, 0.25) is 0 Å². The van der Waals surface area contributed by atoms with Crippen molar-refractivity contribution in [2.45, 2.75) is 5.92 Å². The van der Waals surface area contributed by atoms with Crippen LogP contribution in [0.5, 0.6) is 0 Å². The van der Waals surface area contributed by atoms with E-state index in [1.54, 1.807) is 0 Å². The van der Waals surface area contributed by atoms with Crippen molar-refractivity contribution >= 4 is 8.25 Å². The van der Waals surface area contributed by atoms with Gasteiger partial charge >= 0.3 is 8.25 Å². The summed E-state index contributed by atoms with van der Waals surface area (Å²) in [7, 11) is -1.86. The van der Waals surface area contributed by atoms with Crippen LogP contribution in [0, 0.1) is 0 Å². The summed E-state index contributed by atoms with van der Waals surface area (Å²) in [6.45, 7) is 0.971. The number of benzene rings is 1. The highest BCUT2D eigenvalue weighted by Gasteiger charge is 2.32. The van der Waals surface area contributed by atoms with E-state index < -0.39 is 8.25 Å². The van der Waals surface area contributed by atoms with Gasteiger partial charge < -0.3 is 0 Å². The van der Waals surface area contributed by atoms with Crippen LogP contribution in [-0.2, 0) is 13.6 Å². The quantitative estimate of drug-likeness (QED) is 0.649. The zero-order chi connectivity index (χ0) is 9.10. The highest BCUT2D eigenvalue weighted by molar-refractivity contribution is 7.33. The van der Waals surface area contributed by atoms with Gasteiger partial charge in [-0.15, -0.1) is 9.05 Å².